The van der Waals surface area contributed by atoms with E-state index >= 15 is 0 Å². The van der Waals surface area contributed by atoms with Gasteiger partial charge in [0, 0.05) is 52.4 Å². The topological polar surface area (TPSA) is 75.5 Å². The molecule has 0 saturated carbocycles. The van der Waals surface area contributed by atoms with Crippen molar-refractivity contribution >= 4 is 20.3 Å². The zero-order valence-corrected chi connectivity index (χ0v) is 25.1. The largest absolute Gasteiger partial charge is 0.356 e. The predicted molar refractivity (Wildman–Crippen MR) is 155 cm³/mol. The molecule has 1 heterocycles. The van der Waals surface area contributed by atoms with Crippen molar-refractivity contribution in [3.05, 3.63) is 11.4 Å². The number of terminal acetylenes is 1. The van der Waals surface area contributed by atoms with Crippen LogP contribution in [0.25, 0.3) is 4.85 Å². The van der Waals surface area contributed by atoms with Gasteiger partial charge in [-0.3, -0.25) is 9.59 Å². The van der Waals surface area contributed by atoms with Gasteiger partial charge in [-0.15, -0.1) is 12.3 Å². The summed E-state index contributed by atoms with van der Waals surface area (Å²) in [5.41, 5.74) is -0.292. The molecule has 1 aliphatic rings. The quantitative estimate of drug-likeness (QED) is 0.0953. The standard InChI is InChI=1S/C29H51N4O4P/c1-8-9-10-12-15-27(34)31-19-14-11-13-16-28(35)32-21-17-29(6,18-22-32)24-37-38(36-23-20-30-7)33(25(2)3)26(4)5/h1,25-26H,9-24H2,2-6H3,(H,31,34)/i6D. The second-order valence-electron chi connectivity index (χ2n) is 10.7. The van der Waals surface area contributed by atoms with Gasteiger partial charge in [0.1, 0.15) is 6.61 Å². The van der Waals surface area contributed by atoms with Crippen molar-refractivity contribution in [2.45, 2.75) is 111 Å². The summed E-state index contributed by atoms with van der Waals surface area (Å²) in [5, 5.41) is 2.94. The lowest BCUT2D eigenvalue weighted by atomic mass is 9.81. The summed E-state index contributed by atoms with van der Waals surface area (Å²) in [6.07, 6.45) is 12.7. The lowest BCUT2D eigenvalue weighted by molar-refractivity contribution is -0.134. The van der Waals surface area contributed by atoms with Crippen LogP contribution in [-0.2, 0) is 18.6 Å². The first-order chi connectivity index (χ1) is 18.7. The Kier molecular flexibility index (Phi) is 16.6. The fourth-order valence-electron chi connectivity index (χ4n) is 4.44. The first-order valence-electron chi connectivity index (χ1n) is 14.8. The first kappa shape index (κ1) is 32.5. The third-order valence-electron chi connectivity index (χ3n) is 6.67. The summed E-state index contributed by atoms with van der Waals surface area (Å²) in [7, 11) is -1.33. The Labute approximate surface area is 234 Å². The van der Waals surface area contributed by atoms with Crippen molar-refractivity contribution in [1.82, 2.24) is 14.9 Å². The second kappa shape index (κ2) is 19.4. The Morgan fingerprint density at radius 3 is 2.42 bits per heavy atom. The molecule has 1 rings (SSSR count). The molecular formula is C29H51N4O4P. The second-order valence-corrected chi connectivity index (χ2v) is 12.2. The highest BCUT2D eigenvalue weighted by molar-refractivity contribution is 7.44. The molecule has 38 heavy (non-hydrogen) atoms. The molecule has 0 aromatic heterocycles. The van der Waals surface area contributed by atoms with Gasteiger partial charge in [0.2, 0.25) is 18.4 Å². The van der Waals surface area contributed by atoms with Crippen LogP contribution in [0.4, 0.5) is 0 Å². The number of unbranched alkanes of at least 4 members (excludes halogenated alkanes) is 4. The van der Waals surface area contributed by atoms with Crippen LogP contribution >= 0.6 is 8.53 Å². The minimum Gasteiger partial charge on any atom is -0.356 e. The average molecular weight is 552 g/mol. The molecule has 1 unspecified atom stereocenters. The van der Waals surface area contributed by atoms with E-state index in [1.165, 1.54) is 0 Å². The van der Waals surface area contributed by atoms with Crippen molar-refractivity contribution in [1.29, 1.82) is 0 Å². The van der Waals surface area contributed by atoms with Crippen LogP contribution in [0.5, 0.6) is 0 Å². The fourth-order valence-corrected chi connectivity index (χ4v) is 6.16. The van der Waals surface area contributed by atoms with E-state index in [1.54, 1.807) is 0 Å². The molecule has 0 aliphatic carbocycles. The van der Waals surface area contributed by atoms with Crippen molar-refractivity contribution in [3.63, 3.8) is 0 Å². The van der Waals surface area contributed by atoms with E-state index in [-0.39, 0.29) is 36.2 Å². The minimum absolute atomic E-state index is 0.0712. The SMILES string of the molecule is [2H]CC1(COP(OCC[N+]#[C-])N(C(C)C)C(C)C)CCN(C(=O)CCCCCNC(=O)CCCCC#C)CC1. The van der Waals surface area contributed by atoms with Gasteiger partial charge >= 0.3 is 0 Å². The highest BCUT2D eigenvalue weighted by Gasteiger charge is 2.35. The van der Waals surface area contributed by atoms with Gasteiger partial charge in [-0.1, -0.05) is 13.3 Å². The lowest BCUT2D eigenvalue weighted by Gasteiger charge is -2.41. The third-order valence-corrected chi connectivity index (χ3v) is 8.73. The molecule has 1 fully saturated rings. The van der Waals surface area contributed by atoms with E-state index < -0.39 is 8.53 Å². The lowest BCUT2D eigenvalue weighted by Crippen LogP contribution is -2.44. The number of nitrogens with one attached hydrogen (secondary N) is 1. The molecule has 0 radical (unpaired) electrons. The minimum atomic E-state index is -1.33. The van der Waals surface area contributed by atoms with Gasteiger partial charge in [0.15, 0.2) is 0 Å². The molecule has 1 aliphatic heterocycles. The third kappa shape index (κ3) is 13.9. The molecule has 216 valence electrons. The molecule has 0 aromatic carbocycles. The van der Waals surface area contributed by atoms with Crippen molar-refractivity contribution < 1.29 is 20.0 Å². The molecule has 8 nitrogen and oxygen atoms in total. The van der Waals surface area contributed by atoms with Gasteiger partial charge in [-0.2, -0.15) is 0 Å². The monoisotopic (exact) mass is 551 g/mol. The molecule has 0 aromatic rings. The zero-order chi connectivity index (χ0) is 29.1. The summed E-state index contributed by atoms with van der Waals surface area (Å²) >= 11 is 0. The molecule has 2 amide bonds. The van der Waals surface area contributed by atoms with Crippen LogP contribution in [0.3, 0.4) is 0 Å². The maximum absolute atomic E-state index is 12.8. The van der Waals surface area contributed by atoms with E-state index in [9.17, 15) is 9.59 Å². The predicted octanol–water partition coefficient (Wildman–Crippen LogP) is 5.78. The van der Waals surface area contributed by atoms with Gasteiger partial charge in [-0.25, -0.2) is 11.2 Å². The summed E-state index contributed by atoms with van der Waals surface area (Å²) in [5.74, 6) is 2.83. The highest BCUT2D eigenvalue weighted by Crippen LogP contribution is 2.48. The number of carbonyl (C=O) groups excluding carboxylic acids is 2. The van der Waals surface area contributed by atoms with E-state index in [0.717, 1.165) is 44.9 Å². The van der Waals surface area contributed by atoms with E-state index in [0.29, 0.717) is 58.7 Å². The maximum atomic E-state index is 12.8. The Morgan fingerprint density at radius 1 is 1.13 bits per heavy atom. The van der Waals surface area contributed by atoms with Gasteiger partial charge < -0.3 is 24.1 Å². The Hall–Kier alpha value is -1.70. The summed E-state index contributed by atoms with van der Waals surface area (Å²) in [6, 6.07) is 0.465. The number of hydrogen-bond acceptors (Lipinski definition) is 5. The van der Waals surface area contributed by atoms with Crippen LogP contribution in [0.2, 0.25) is 0 Å². The Bertz CT molecular complexity index is 783. The summed E-state index contributed by atoms with van der Waals surface area (Å²) in [4.78, 5) is 29.9. The normalized spacial score (nSPS) is 16.2. The highest BCUT2D eigenvalue weighted by atomic mass is 31.2. The van der Waals surface area contributed by atoms with Gasteiger partial charge in [-0.05, 0) is 71.6 Å². The number of amides is 2. The number of hydrogen-bond donors (Lipinski definition) is 1. The summed E-state index contributed by atoms with van der Waals surface area (Å²) < 4.78 is 22.8. The average Bonchev–Trinajstić information content (AvgIpc) is 2.91. The number of likely N-dealkylation sites (tertiary alicyclic amines) is 1. The molecule has 1 atom stereocenters. The number of carbonyl (C=O) groups is 2. The van der Waals surface area contributed by atoms with Crippen LogP contribution in [0.15, 0.2) is 0 Å². The van der Waals surface area contributed by atoms with Crippen molar-refractivity contribution in [2.75, 3.05) is 39.4 Å². The Morgan fingerprint density at radius 2 is 1.82 bits per heavy atom. The smallest absolute Gasteiger partial charge is 0.259 e. The first-order valence-corrected chi connectivity index (χ1v) is 15.3. The molecule has 1 N–H and O–H groups in total. The zero-order valence-electron chi connectivity index (χ0n) is 25.2. The van der Waals surface area contributed by atoms with Crippen molar-refractivity contribution in [3.8, 4) is 12.3 Å². The molecular weight excluding hydrogens is 499 g/mol. The van der Waals surface area contributed by atoms with Crippen LogP contribution in [0.1, 0.15) is 100 Å². The fraction of sp³-hybridized carbons (Fsp3) is 0.828. The molecule has 0 spiro atoms. The molecule has 1 saturated heterocycles. The number of nitrogens with zero attached hydrogens (tertiary/aromatic N) is 3. The molecule has 9 heteroatoms. The van der Waals surface area contributed by atoms with E-state index in [1.807, 2.05) is 4.90 Å². The number of piperidine rings is 1. The van der Waals surface area contributed by atoms with E-state index in [4.69, 9.17) is 23.4 Å². The van der Waals surface area contributed by atoms with Crippen LogP contribution in [-0.4, -0.2) is 72.9 Å². The molecule has 0 bridgehead atoms. The summed E-state index contributed by atoms with van der Waals surface area (Å²) in [6.45, 7) is 18.7. The van der Waals surface area contributed by atoms with Crippen LogP contribution in [0, 0.1) is 24.3 Å². The van der Waals surface area contributed by atoms with E-state index in [2.05, 4.69) is 48.4 Å². The van der Waals surface area contributed by atoms with Crippen molar-refractivity contribution in [2.24, 2.45) is 5.41 Å². The Balaban J connectivity index is 2.42. The maximum Gasteiger partial charge on any atom is 0.259 e. The van der Waals surface area contributed by atoms with Gasteiger partial charge in [0.05, 0.1) is 6.61 Å². The van der Waals surface area contributed by atoms with Crippen LogP contribution < -0.4 is 5.32 Å². The van der Waals surface area contributed by atoms with Gasteiger partial charge in [0.25, 0.3) is 8.53 Å². The number of rotatable bonds is 19.